The van der Waals surface area contributed by atoms with Crippen LogP contribution in [-0.4, -0.2) is 12.6 Å². The fourth-order valence-corrected chi connectivity index (χ4v) is 2.54. The van der Waals surface area contributed by atoms with Gasteiger partial charge in [0.2, 0.25) is 0 Å². The van der Waals surface area contributed by atoms with E-state index in [1.807, 2.05) is 13.0 Å². The van der Waals surface area contributed by atoms with Crippen molar-refractivity contribution < 1.29 is 9.53 Å². The van der Waals surface area contributed by atoms with Gasteiger partial charge in [0.1, 0.15) is 6.61 Å². The molecule has 0 heterocycles. The third-order valence-electron chi connectivity index (χ3n) is 4.28. The molecule has 0 bridgehead atoms. The Kier molecular flexibility index (Phi) is 14.7. The molecule has 0 aromatic rings. The van der Waals surface area contributed by atoms with Gasteiger partial charge in [-0.2, -0.15) is 0 Å². The quantitative estimate of drug-likeness (QED) is 0.251. The lowest BCUT2D eigenvalue weighted by Gasteiger charge is -2.03. The number of carbonyl (C=O) groups is 1. The topological polar surface area (TPSA) is 26.3 Å². The van der Waals surface area contributed by atoms with Gasteiger partial charge in [-0.3, -0.25) is 4.79 Å². The highest BCUT2D eigenvalue weighted by molar-refractivity contribution is 5.69. The Labute approximate surface area is 162 Å². The van der Waals surface area contributed by atoms with E-state index >= 15 is 0 Å². The molecule has 148 valence electrons. The van der Waals surface area contributed by atoms with Crippen molar-refractivity contribution in [2.45, 2.75) is 92.9 Å². The molecule has 0 unspecified atom stereocenters. The molecule has 0 spiro atoms. The summed E-state index contributed by atoms with van der Waals surface area (Å²) >= 11 is 0. The molecule has 0 fully saturated rings. The number of hydrogen-bond acceptors (Lipinski definition) is 2. The first-order chi connectivity index (χ1) is 12.3. The lowest BCUT2D eigenvalue weighted by atomic mass is 10.0. The van der Waals surface area contributed by atoms with Gasteiger partial charge in [0.05, 0.1) is 0 Å². The summed E-state index contributed by atoms with van der Waals surface area (Å²) in [6, 6.07) is 0. The largest absolute Gasteiger partial charge is 0.461 e. The molecule has 0 aromatic heterocycles. The van der Waals surface area contributed by atoms with Crippen molar-refractivity contribution in [3.63, 3.8) is 0 Å². The number of allylic oxidation sites excluding steroid dienone is 7. The molecule has 0 N–H and O–H groups in total. The average molecular weight is 361 g/mol. The number of rotatable bonds is 13. The van der Waals surface area contributed by atoms with E-state index in [0.717, 1.165) is 38.5 Å². The summed E-state index contributed by atoms with van der Waals surface area (Å²) in [5.41, 5.74) is 5.64. The zero-order valence-electron chi connectivity index (χ0n) is 18.0. The van der Waals surface area contributed by atoms with Gasteiger partial charge in [0.25, 0.3) is 0 Å². The van der Waals surface area contributed by atoms with Gasteiger partial charge in [0, 0.05) is 6.42 Å². The van der Waals surface area contributed by atoms with E-state index in [9.17, 15) is 4.79 Å². The number of carbonyl (C=O) groups excluding carboxylic acids is 1. The maximum Gasteiger partial charge on any atom is 0.306 e. The molecule has 0 amide bonds. The minimum Gasteiger partial charge on any atom is -0.461 e. The Balaban J connectivity index is 3.99. The smallest absolute Gasteiger partial charge is 0.306 e. The molecule has 0 aromatic carbocycles. The van der Waals surface area contributed by atoms with Gasteiger partial charge in [-0.1, -0.05) is 47.4 Å². The standard InChI is InChI=1S/C24H40O2/c1-7-11-24(25)26-19-18-23(6)17-10-16-22(5)15-9-14-21(4)13-8-12-20(2)3/h12,14,16,18H,7-11,13,15,17,19H2,1-6H3/b21-14?,22-16?,23-18+. The summed E-state index contributed by atoms with van der Waals surface area (Å²) in [5, 5.41) is 0. The minimum atomic E-state index is -0.100. The predicted molar refractivity (Wildman–Crippen MR) is 114 cm³/mol. The normalized spacial score (nSPS) is 12.9. The zero-order valence-corrected chi connectivity index (χ0v) is 18.0. The molecular formula is C24H40O2. The zero-order chi connectivity index (χ0) is 19.8. The highest BCUT2D eigenvalue weighted by Crippen LogP contribution is 2.13. The fourth-order valence-electron chi connectivity index (χ4n) is 2.54. The molecule has 0 saturated heterocycles. The van der Waals surface area contributed by atoms with E-state index in [1.165, 1.54) is 28.7 Å². The van der Waals surface area contributed by atoms with Crippen molar-refractivity contribution in [1.29, 1.82) is 0 Å². The molecule has 0 aliphatic heterocycles. The minimum absolute atomic E-state index is 0.100. The van der Waals surface area contributed by atoms with E-state index in [-0.39, 0.29) is 5.97 Å². The lowest BCUT2D eigenvalue weighted by molar-refractivity contribution is -0.142. The molecule has 0 atom stereocenters. The van der Waals surface area contributed by atoms with E-state index in [0.29, 0.717) is 13.0 Å². The van der Waals surface area contributed by atoms with E-state index in [1.54, 1.807) is 0 Å². The maximum absolute atomic E-state index is 11.3. The SMILES string of the molecule is CCCC(=O)OC/C=C(\C)CCC=C(C)CCC=C(C)CCC=C(C)C. The number of esters is 1. The molecular weight excluding hydrogens is 320 g/mol. The first-order valence-corrected chi connectivity index (χ1v) is 10.1. The lowest BCUT2D eigenvalue weighted by Crippen LogP contribution is -2.03. The fraction of sp³-hybridized carbons (Fsp3) is 0.625. The van der Waals surface area contributed by atoms with Crippen LogP contribution in [-0.2, 0) is 9.53 Å². The van der Waals surface area contributed by atoms with Crippen LogP contribution in [0.2, 0.25) is 0 Å². The van der Waals surface area contributed by atoms with Crippen molar-refractivity contribution in [2.24, 2.45) is 0 Å². The summed E-state index contributed by atoms with van der Waals surface area (Å²) in [4.78, 5) is 11.3. The van der Waals surface area contributed by atoms with Crippen LogP contribution in [0.5, 0.6) is 0 Å². The van der Waals surface area contributed by atoms with Crippen LogP contribution < -0.4 is 0 Å². The second-order valence-electron chi connectivity index (χ2n) is 7.48. The van der Waals surface area contributed by atoms with Gasteiger partial charge in [-0.05, 0) is 85.6 Å². The summed E-state index contributed by atoms with van der Waals surface area (Å²) < 4.78 is 5.16. The Morgan fingerprint density at radius 3 is 1.62 bits per heavy atom. The van der Waals surface area contributed by atoms with Crippen LogP contribution in [0.25, 0.3) is 0 Å². The average Bonchev–Trinajstić information content (AvgIpc) is 2.54. The summed E-state index contributed by atoms with van der Waals surface area (Å²) in [5.74, 6) is -0.100. The molecule has 0 radical (unpaired) electrons. The van der Waals surface area contributed by atoms with Crippen LogP contribution in [0.3, 0.4) is 0 Å². The Morgan fingerprint density at radius 1 is 0.692 bits per heavy atom. The molecule has 2 heteroatoms. The van der Waals surface area contributed by atoms with Crippen molar-refractivity contribution in [3.05, 3.63) is 46.6 Å². The second-order valence-corrected chi connectivity index (χ2v) is 7.48. The van der Waals surface area contributed by atoms with Crippen LogP contribution in [0, 0.1) is 0 Å². The highest BCUT2D eigenvalue weighted by Gasteiger charge is 1.98. The van der Waals surface area contributed by atoms with E-state index in [2.05, 4.69) is 52.8 Å². The summed E-state index contributed by atoms with van der Waals surface area (Å²) in [6.45, 7) is 13.3. The maximum atomic E-state index is 11.3. The van der Waals surface area contributed by atoms with Gasteiger partial charge in [-0.15, -0.1) is 0 Å². The predicted octanol–water partition coefficient (Wildman–Crippen LogP) is 7.48. The number of hydrogen-bond donors (Lipinski definition) is 0. The van der Waals surface area contributed by atoms with Crippen LogP contribution >= 0.6 is 0 Å². The van der Waals surface area contributed by atoms with E-state index in [4.69, 9.17) is 4.74 Å². The molecule has 26 heavy (non-hydrogen) atoms. The molecule has 0 rings (SSSR count). The van der Waals surface area contributed by atoms with Crippen LogP contribution in [0.4, 0.5) is 0 Å². The summed E-state index contributed by atoms with van der Waals surface area (Å²) in [7, 11) is 0. The Hall–Kier alpha value is -1.57. The Bertz CT molecular complexity index is 514. The van der Waals surface area contributed by atoms with Crippen molar-refractivity contribution in [1.82, 2.24) is 0 Å². The first kappa shape index (κ1) is 24.4. The molecule has 2 nitrogen and oxygen atoms in total. The Morgan fingerprint density at radius 2 is 1.15 bits per heavy atom. The molecule has 0 aliphatic carbocycles. The molecule has 0 aliphatic rings. The molecule has 0 saturated carbocycles. The third kappa shape index (κ3) is 15.9. The second kappa shape index (κ2) is 15.7. The van der Waals surface area contributed by atoms with Gasteiger partial charge in [-0.25, -0.2) is 0 Å². The van der Waals surface area contributed by atoms with Crippen molar-refractivity contribution in [2.75, 3.05) is 6.61 Å². The third-order valence-corrected chi connectivity index (χ3v) is 4.28. The van der Waals surface area contributed by atoms with Crippen molar-refractivity contribution >= 4 is 5.97 Å². The van der Waals surface area contributed by atoms with Crippen LogP contribution in [0.1, 0.15) is 92.9 Å². The van der Waals surface area contributed by atoms with Crippen LogP contribution in [0.15, 0.2) is 46.6 Å². The summed E-state index contributed by atoms with van der Waals surface area (Å²) in [6.07, 6.45) is 17.1. The number of ether oxygens (including phenoxy) is 1. The van der Waals surface area contributed by atoms with Gasteiger partial charge in [0.15, 0.2) is 0 Å². The van der Waals surface area contributed by atoms with E-state index < -0.39 is 0 Å². The first-order valence-electron chi connectivity index (χ1n) is 10.1. The van der Waals surface area contributed by atoms with Gasteiger partial charge < -0.3 is 4.74 Å². The highest BCUT2D eigenvalue weighted by atomic mass is 16.5. The van der Waals surface area contributed by atoms with Crippen molar-refractivity contribution in [3.8, 4) is 0 Å². The monoisotopic (exact) mass is 360 g/mol. The van der Waals surface area contributed by atoms with Gasteiger partial charge >= 0.3 is 5.97 Å².